The van der Waals surface area contributed by atoms with Crippen molar-refractivity contribution >= 4 is 16.7 Å². The lowest BCUT2D eigenvalue weighted by Crippen LogP contribution is -2.10. The van der Waals surface area contributed by atoms with Crippen molar-refractivity contribution < 1.29 is 4.79 Å². The monoisotopic (exact) mass is 328 g/mol. The van der Waals surface area contributed by atoms with E-state index in [-0.39, 0.29) is 0 Å². The molecule has 2 heterocycles. The molecule has 5 nitrogen and oxygen atoms in total. The van der Waals surface area contributed by atoms with Crippen LogP contribution in [0.4, 0.5) is 0 Å². The van der Waals surface area contributed by atoms with Gasteiger partial charge in [-0.1, -0.05) is 30.3 Å². The molecule has 1 amide bonds. The minimum Gasteiger partial charge on any atom is -0.366 e. The summed E-state index contributed by atoms with van der Waals surface area (Å²) in [5, 5.41) is 6.13. The predicted molar refractivity (Wildman–Crippen MR) is 97.9 cm³/mol. The molecule has 5 heteroatoms. The van der Waals surface area contributed by atoms with Crippen LogP contribution in [0.5, 0.6) is 0 Å². The Hall–Kier alpha value is -3.47. The Labute approximate surface area is 144 Å². The van der Waals surface area contributed by atoms with E-state index in [2.05, 4.69) is 34.3 Å². The molecule has 0 radical (unpaired) electrons. The van der Waals surface area contributed by atoms with Gasteiger partial charge in [0.25, 0.3) is 0 Å². The highest BCUT2D eigenvalue weighted by molar-refractivity contribution is 6.02. The maximum absolute atomic E-state index is 11.5. The summed E-state index contributed by atoms with van der Waals surface area (Å²) in [4.78, 5) is 15.8. The maximum Gasteiger partial charge on any atom is 0.248 e. The molecular formula is C20H16N4O. The topological polar surface area (TPSA) is 73.8 Å². The van der Waals surface area contributed by atoms with E-state index in [1.54, 1.807) is 16.9 Å². The van der Waals surface area contributed by atoms with Crippen molar-refractivity contribution in [2.24, 2.45) is 12.8 Å². The number of aryl methyl sites for hydroxylation is 1. The number of rotatable bonds is 3. The Morgan fingerprint density at radius 3 is 2.40 bits per heavy atom. The SMILES string of the molecule is Cn1cc(-c2ccc(-c3cncc4ccc(C(N)=O)cc34)cc2)cn1. The van der Waals surface area contributed by atoms with Gasteiger partial charge < -0.3 is 5.73 Å². The molecule has 2 aromatic carbocycles. The summed E-state index contributed by atoms with van der Waals surface area (Å²) in [5.74, 6) is -0.434. The van der Waals surface area contributed by atoms with Crippen LogP contribution in [0.25, 0.3) is 33.0 Å². The summed E-state index contributed by atoms with van der Waals surface area (Å²) in [7, 11) is 1.90. The highest BCUT2D eigenvalue weighted by Crippen LogP contribution is 2.30. The average molecular weight is 328 g/mol. The second-order valence-corrected chi connectivity index (χ2v) is 5.97. The molecule has 0 fully saturated rings. The fourth-order valence-corrected chi connectivity index (χ4v) is 2.96. The highest BCUT2D eigenvalue weighted by Gasteiger charge is 2.08. The summed E-state index contributed by atoms with van der Waals surface area (Å²) < 4.78 is 1.78. The van der Waals surface area contributed by atoms with Crippen molar-refractivity contribution in [3.63, 3.8) is 0 Å². The summed E-state index contributed by atoms with van der Waals surface area (Å²) in [6.07, 6.45) is 7.42. The lowest BCUT2D eigenvalue weighted by atomic mass is 9.97. The largest absolute Gasteiger partial charge is 0.366 e. The third-order valence-corrected chi connectivity index (χ3v) is 4.28. The van der Waals surface area contributed by atoms with Crippen LogP contribution in [0, 0.1) is 0 Å². The van der Waals surface area contributed by atoms with Crippen LogP contribution < -0.4 is 5.73 Å². The number of carbonyl (C=O) groups is 1. The van der Waals surface area contributed by atoms with E-state index in [9.17, 15) is 4.79 Å². The van der Waals surface area contributed by atoms with Gasteiger partial charge in [-0.05, 0) is 28.6 Å². The number of amides is 1. The van der Waals surface area contributed by atoms with E-state index in [0.29, 0.717) is 5.56 Å². The van der Waals surface area contributed by atoms with Crippen molar-refractivity contribution in [1.82, 2.24) is 14.8 Å². The van der Waals surface area contributed by atoms with Crippen molar-refractivity contribution in [1.29, 1.82) is 0 Å². The Kier molecular flexibility index (Phi) is 3.54. The summed E-state index contributed by atoms with van der Waals surface area (Å²) in [6.45, 7) is 0. The fraction of sp³-hybridized carbons (Fsp3) is 0.0500. The van der Waals surface area contributed by atoms with Crippen molar-refractivity contribution in [2.45, 2.75) is 0 Å². The van der Waals surface area contributed by atoms with Crippen molar-refractivity contribution in [2.75, 3.05) is 0 Å². The molecule has 0 atom stereocenters. The van der Waals surface area contributed by atoms with E-state index >= 15 is 0 Å². The van der Waals surface area contributed by atoms with Gasteiger partial charge in [0.2, 0.25) is 5.91 Å². The first kappa shape index (κ1) is 15.1. The van der Waals surface area contributed by atoms with Gasteiger partial charge in [-0.25, -0.2) is 0 Å². The zero-order valence-corrected chi connectivity index (χ0v) is 13.7. The molecule has 0 bridgehead atoms. The maximum atomic E-state index is 11.5. The van der Waals surface area contributed by atoms with Crippen molar-refractivity contribution in [3.8, 4) is 22.3 Å². The Morgan fingerprint density at radius 2 is 1.72 bits per heavy atom. The number of hydrogen-bond acceptors (Lipinski definition) is 3. The van der Waals surface area contributed by atoms with E-state index in [4.69, 9.17) is 5.73 Å². The zero-order chi connectivity index (χ0) is 17.4. The standard InChI is InChI=1S/C20H16N4O/c1-24-12-17(10-23-24)13-2-4-14(5-3-13)19-11-22-9-16-7-6-15(20(21)25)8-18(16)19/h2-12H,1H3,(H2,21,25). The first-order chi connectivity index (χ1) is 12.1. The normalized spacial score (nSPS) is 10.9. The molecule has 4 aromatic rings. The second kappa shape index (κ2) is 5.87. The van der Waals surface area contributed by atoms with Crippen molar-refractivity contribution in [3.05, 3.63) is 72.8 Å². The van der Waals surface area contributed by atoms with E-state index in [0.717, 1.165) is 33.0 Å². The smallest absolute Gasteiger partial charge is 0.248 e. The molecular weight excluding hydrogens is 312 g/mol. The van der Waals surface area contributed by atoms with Crippen LogP contribution in [0.1, 0.15) is 10.4 Å². The van der Waals surface area contributed by atoms with Gasteiger partial charge in [-0.2, -0.15) is 5.10 Å². The first-order valence-electron chi connectivity index (χ1n) is 7.89. The molecule has 0 unspecified atom stereocenters. The summed E-state index contributed by atoms with van der Waals surface area (Å²) >= 11 is 0. The minimum atomic E-state index is -0.434. The molecule has 0 aliphatic carbocycles. The third-order valence-electron chi connectivity index (χ3n) is 4.28. The summed E-state index contributed by atoms with van der Waals surface area (Å²) in [5.41, 5.74) is 10.1. The lowest BCUT2D eigenvalue weighted by molar-refractivity contribution is 0.100. The van der Waals surface area contributed by atoms with Gasteiger partial charge in [0, 0.05) is 47.7 Å². The van der Waals surface area contributed by atoms with E-state index < -0.39 is 5.91 Å². The van der Waals surface area contributed by atoms with Gasteiger partial charge >= 0.3 is 0 Å². The third kappa shape index (κ3) is 2.76. The Morgan fingerprint density at radius 1 is 0.960 bits per heavy atom. The van der Waals surface area contributed by atoms with E-state index in [1.807, 2.05) is 37.8 Å². The molecule has 0 spiro atoms. The van der Waals surface area contributed by atoms with Crippen LogP contribution in [-0.2, 0) is 7.05 Å². The van der Waals surface area contributed by atoms with Gasteiger partial charge in [0.05, 0.1) is 6.20 Å². The van der Waals surface area contributed by atoms with Crippen LogP contribution in [-0.4, -0.2) is 20.7 Å². The number of hydrogen-bond donors (Lipinski definition) is 1. The van der Waals surface area contributed by atoms with Gasteiger partial charge in [0.15, 0.2) is 0 Å². The molecule has 4 rings (SSSR count). The Balaban J connectivity index is 1.81. The van der Waals surface area contributed by atoms with Gasteiger partial charge in [-0.3, -0.25) is 14.5 Å². The lowest BCUT2D eigenvalue weighted by Gasteiger charge is -2.08. The van der Waals surface area contributed by atoms with Gasteiger partial charge in [0.1, 0.15) is 0 Å². The number of aromatic nitrogens is 3. The summed E-state index contributed by atoms with van der Waals surface area (Å²) in [6, 6.07) is 13.6. The molecule has 25 heavy (non-hydrogen) atoms. The zero-order valence-electron chi connectivity index (χ0n) is 13.7. The number of primary amides is 1. The molecule has 0 aliphatic rings. The molecule has 0 saturated heterocycles. The van der Waals surface area contributed by atoms with E-state index in [1.165, 1.54) is 0 Å². The minimum absolute atomic E-state index is 0.434. The predicted octanol–water partition coefficient (Wildman–Crippen LogP) is 3.40. The van der Waals surface area contributed by atoms with Gasteiger partial charge in [-0.15, -0.1) is 0 Å². The molecule has 122 valence electrons. The Bertz CT molecular complexity index is 1080. The number of nitrogens with two attached hydrogens (primary N) is 1. The highest BCUT2D eigenvalue weighted by atomic mass is 16.1. The van der Waals surface area contributed by atoms with Crippen LogP contribution in [0.3, 0.4) is 0 Å². The first-order valence-corrected chi connectivity index (χ1v) is 7.89. The number of carbonyl (C=O) groups excluding carboxylic acids is 1. The molecule has 0 aliphatic heterocycles. The quantitative estimate of drug-likeness (QED) is 0.626. The molecule has 0 saturated carbocycles. The molecule has 2 N–H and O–H groups in total. The number of pyridine rings is 1. The van der Waals surface area contributed by atoms with Crippen LogP contribution in [0.15, 0.2) is 67.3 Å². The number of benzene rings is 2. The second-order valence-electron chi connectivity index (χ2n) is 5.97. The fourth-order valence-electron chi connectivity index (χ4n) is 2.96. The number of nitrogens with zero attached hydrogens (tertiary/aromatic N) is 3. The van der Waals surface area contributed by atoms with Crippen LogP contribution in [0.2, 0.25) is 0 Å². The average Bonchev–Trinajstić information content (AvgIpc) is 3.07. The molecule has 2 aromatic heterocycles. The number of fused-ring (bicyclic) bond motifs is 1. The van der Waals surface area contributed by atoms with Crippen LogP contribution >= 0.6 is 0 Å².